The van der Waals surface area contributed by atoms with Gasteiger partial charge in [0, 0.05) is 19.1 Å². The Morgan fingerprint density at radius 2 is 2.15 bits per heavy atom. The lowest BCUT2D eigenvalue weighted by atomic mass is 10.0. The third kappa shape index (κ3) is 3.68. The number of piperazine rings is 1. The summed E-state index contributed by atoms with van der Waals surface area (Å²) in [7, 11) is 2.08. The van der Waals surface area contributed by atoms with Crippen LogP contribution in [0.25, 0.3) is 0 Å². The Labute approximate surface area is 119 Å². The number of carbonyl (C=O) groups excluding carboxylic acids is 2. The van der Waals surface area contributed by atoms with Crippen LogP contribution in [0.4, 0.5) is 0 Å². The predicted molar refractivity (Wildman–Crippen MR) is 74.1 cm³/mol. The third-order valence-corrected chi connectivity index (χ3v) is 4.06. The molecule has 20 heavy (non-hydrogen) atoms. The largest absolute Gasteiger partial charge is 0.395 e. The molecule has 0 bridgehead atoms. The van der Waals surface area contributed by atoms with E-state index in [2.05, 4.69) is 22.6 Å². The van der Waals surface area contributed by atoms with E-state index in [9.17, 15) is 14.7 Å². The van der Waals surface area contributed by atoms with Gasteiger partial charge in [0.25, 0.3) is 0 Å². The van der Waals surface area contributed by atoms with Crippen LogP contribution in [0.1, 0.15) is 12.8 Å². The zero-order valence-electron chi connectivity index (χ0n) is 12.0. The third-order valence-electron chi connectivity index (χ3n) is 4.06. The van der Waals surface area contributed by atoms with E-state index in [0.717, 1.165) is 25.9 Å². The molecule has 1 atom stereocenters. The van der Waals surface area contributed by atoms with Crippen LogP contribution in [0, 0.1) is 0 Å². The Hall–Kier alpha value is -1.18. The molecule has 2 aliphatic heterocycles. The molecule has 3 N–H and O–H groups in total. The molecule has 2 saturated heterocycles. The molecule has 0 spiro atoms. The highest BCUT2D eigenvalue weighted by atomic mass is 16.3. The molecule has 7 heteroatoms. The van der Waals surface area contributed by atoms with Gasteiger partial charge in [0.2, 0.25) is 11.8 Å². The molecule has 2 heterocycles. The van der Waals surface area contributed by atoms with Crippen molar-refractivity contribution in [1.82, 2.24) is 20.4 Å². The van der Waals surface area contributed by atoms with Crippen molar-refractivity contribution in [2.75, 3.05) is 46.4 Å². The average Bonchev–Trinajstić information content (AvgIpc) is 2.46. The fourth-order valence-corrected chi connectivity index (χ4v) is 2.83. The number of aliphatic hydroxyl groups is 1. The van der Waals surface area contributed by atoms with Gasteiger partial charge in [0.15, 0.2) is 0 Å². The highest BCUT2D eigenvalue weighted by Gasteiger charge is 2.32. The first-order valence-corrected chi connectivity index (χ1v) is 7.21. The molecule has 114 valence electrons. The summed E-state index contributed by atoms with van der Waals surface area (Å²) in [6, 6.07) is -0.191. The molecule has 0 aliphatic carbocycles. The topological polar surface area (TPSA) is 84.9 Å². The zero-order chi connectivity index (χ0) is 14.5. The number of aliphatic hydroxyl groups excluding tert-OH is 1. The number of likely N-dealkylation sites (tertiary alicyclic amines) is 1. The predicted octanol–water partition coefficient (Wildman–Crippen LogP) is -2.01. The summed E-state index contributed by atoms with van der Waals surface area (Å²) < 4.78 is 0. The quantitative estimate of drug-likeness (QED) is 0.555. The van der Waals surface area contributed by atoms with Gasteiger partial charge < -0.3 is 20.2 Å². The lowest BCUT2D eigenvalue weighted by molar-refractivity contribution is -0.138. The molecule has 1 unspecified atom stereocenters. The number of amides is 2. The maximum atomic E-state index is 12.6. The number of hydrogen-bond acceptors (Lipinski definition) is 5. The SMILES string of the molecule is CN1CCC(N(CCO)C(=O)C2CNC(=O)CN2)CC1. The zero-order valence-corrected chi connectivity index (χ0v) is 12.0. The summed E-state index contributed by atoms with van der Waals surface area (Å²) >= 11 is 0. The van der Waals surface area contributed by atoms with Crippen LogP contribution in [-0.2, 0) is 9.59 Å². The summed E-state index contributed by atoms with van der Waals surface area (Å²) in [5.74, 6) is -0.101. The van der Waals surface area contributed by atoms with Crippen molar-refractivity contribution in [3.8, 4) is 0 Å². The van der Waals surface area contributed by atoms with Gasteiger partial charge in [-0.05, 0) is 33.0 Å². The Balaban J connectivity index is 1.96. The van der Waals surface area contributed by atoms with Gasteiger partial charge >= 0.3 is 0 Å². The van der Waals surface area contributed by atoms with Gasteiger partial charge in [-0.1, -0.05) is 0 Å². The molecule has 2 fully saturated rings. The first-order chi connectivity index (χ1) is 9.61. The average molecular weight is 284 g/mol. The highest BCUT2D eigenvalue weighted by molar-refractivity contribution is 5.87. The first-order valence-electron chi connectivity index (χ1n) is 7.21. The van der Waals surface area contributed by atoms with Crippen molar-refractivity contribution in [2.45, 2.75) is 24.9 Å². The van der Waals surface area contributed by atoms with Crippen molar-refractivity contribution in [1.29, 1.82) is 0 Å². The van der Waals surface area contributed by atoms with Crippen molar-refractivity contribution in [3.05, 3.63) is 0 Å². The van der Waals surface area contributed by atoms with Crippen molar-refractivity contribution in [2.24, 2.45) is 0 Å². The summed E-state index contributed by atoms with van der Waals surface area (Å²) in [5.41, 5.74) is 0. The van der Waals surface area contributed by atoms with E-state index < -0.39 is 0 Å². The monoisotopic (exact) mass is 284 g/mol. The standard InChI is InChI=1S/C13H24N4O3/c1-16-4-2-10(3-5-16)17(6-7-18)13(20)11-8-15-12(19)9-14-11/h10-11,14,18H,2-9H2,1H3,(H,15,19). The van der Waals surface area contributed by atoms with Gasteiger partial charge in [-0.3, -0.25) is 14.9 Å². The number of nitrogens with one attached hydrogen (secondary N) is 2. The molecule has 0 aromatic heterocycles. The molecule has 2 rings (SSSR count). The maximum absolute atomic E-state index is 12.6. The van der Waals surface area contributed by atoms with Crippen LogP contribution in [0.5, 0.6) is 0 Å². The minimum absolute atomic E-state index is 0.0198. The van der Waals surface area contributed by atoms with Crippen molar-refractivity contribution in [3.63, 3.8) is 0 Å². The summed E-state index contributed by atoms with van der Waals surface area (Å²) in [6.45, 7) is 2.77. The maximum Gasteiger partial charge on any atom is 0.241 e. The minimum Gasteiger partial charge on any atom is -0.395 e. The molecule has 0 saturated carbocycles. The second-order valence-electron chi connectivity index (χ2n) is 5.53. The van der Waals surface area contributed by atoms with E-state index in [1.807, 2.05) is 0 Å². The van der Waals surface area contributed by atoms with Gasteiger partial charge in [0.05, 0.1) is 13.2 Å². The van der Waals surface area contributed by atoms with E-state index in [-0.39, 0.29) is 37.0 Å². The lowest BCUT2D eigenvalue weighted by Crippen LogP contribution is -2.61. The molecule has 0 aromatic carbocycles. The van der Waals surface area contributed by atoms with Crippen molar-refractivity contribution < 1.29 is 14.7 Å². The Morgan fingerprint density at radius 3 is 2.70 bits per heavy atom. The Bertz CT molecular complexity index is 346. The molecule has 0 aromatic rings. The van der Waals surface area contributed by atoms with Gasteiger partial charge in [-0.2, -0.15) is 0 Å². The number of rotatable bonds is 4. The molecule has 2 amide bonds. The van der Waals surface area contributed by atoms with Crippen molar-refractivity contribution >= 4 is 11.8 Å². The van der Waals surface area contributed by atoms with Gasteiger partial charge in [0.1, 0.15) is 6.04 Å². The number of nitrogens with zero attached hydrogens (tertiary/aromatic N) is 2. The van der Waals surface area contributed by atoms with Crippen LogP contribution >= 0.6 is 0 Å². The normalized spacial score (nSPS) is 25.3. The van der Waals surface area contributed by atoms with Gasteiger partial charge in [-0.15, -0.1) is 0 Å². The Kier molecular flexibility index (Phi) is 5.33. The summed E-state index contributed by atoms with van der Waals surface area (Å²) in [4.78, 5) is 27.7. The highest BCUT2D eigenvalue weighted by Crippen LogP contribution is 2.16. The molecular formula is C13H24N4O3. The minimum atomic E-state index is -0.376. The second kappa shape index (κ2) is 7.01. The lowest BCUT2D eigenvalue weighted by Gasteiger charge is -2.39. The van der Waals surface area contributed by atoms with E-state index in [4.69, 9.17) is 0 Å². The van der Waals surface area contributed by atoms with Crippen LogP contribution < -0.4 is 10.6 Å². The van der Waals surface area contributed by atoms with Crippen LogP contribution in [0.15, 0.2) is 0 Å². The van der Waals surface area contributed by atoms with Crippen LogP contribution in [-0.4, -0.2) is 85.2 Å². The fraction of sp³-hybridized carbons (Fsp3) is 0.846. The molecule has 2 aliphatic rings. The summed E-state index contributed by atoms with van der Waals surface area (Å²) in [5, 5.41) is 14.9. The molecule has 0 radical (unpaired) electrons. The first kappa shape index (κ1) is 15.2. The van der Waals surface area contributed by atoms with E-state index in [1.54, 1.807) is 4.90 Å². The molecule has 7 nitrogen and oxygen atoms in total. The fourth-order valence-electron chi connectivity index (χ4n) is 2.83. The number of carbonyl (C=O) groups is 2. The number of piperidine rings is 1. The van der Waals surface area contributed by atoms with Gasteiger partial charge in [-0.25, -0.2) is 0 Å². The second-order valence-corrected chi connectivity index (χ2v) is 5.53. The van der Waals surface area contributed by atoms with Crippen LogP contribution in [0.3, 0.4) is 0 Å². The van der Waals surface area contributed by atoms with E-state index in [1.165, 1.54) is 0 Å². The van der Waals surface area contributed by atoms with E-state index in [0.29, 0.717) is 13.1 Å². The summed E-state index contributed by atoms with van der Waals surface area (Å²) in [6.07, 6.45) is 1.86. The van der Waals surface area contributed by atoms with E-state index >= 15 is 0 Å². The molecular weight excluding hydrogens is 260 g/mol. The Morgan fingerprint density at radius 1 is 1.45 bits per heavy atom. The smallest absolute Gasteiger partial charge is 0.241 e. The van der Waals surface area contributed by atoms with Crippen LogP contribution in [0.2, 0.25) is 0 Å². The number of hydrogen-bond donors (Lipinski definition) is 3.